The number of nitrogens with one attached hydrogen (secondary N) is 1. The zero-order valence-corrected chi connectivity index (χ0v) is 14.5. The van der Waals surface area contributed by atoms with E-state index in [4.69, 9.17) is 0 Å². The van der Waals surface area contributed by atoms with Gasteiger partial charge in [-0.15, -0.1) is 0 Å². The third-order valence-electron chi connectivity index (χ3n) is 3.54. The molecule has 0 radical (unpaired) electrons. The van der Waals surface area contributed by atoms with Crippen LogP contribution < -0.4 is 5.32 Å². The zero-order valence-electron chi connectivity index (χ0n) is 12.9. The van der Waals surface area contributed by atoms with Gasteiger partial charge in [0, 0.05) is 16.2 Å². The Hall–Kier alpha value is -1.87. The van der Waals surface area contributed by atoms with Crippen LogP contribution in [0.1, 0.15) is 30.5 Å². The zero-order chi connectivity index (χ0) is 15.9. The highest BCUT2D eigenvalue weighted by molar-refractivity contribution is 9.10. The number of halogens is 1. The van der Waals surface area contributed by atoms with Crippen LogP contribution in [0.15, 0.2) is 53.0 Å². The fraction of sp³-hybridized carbons (Fsp3) is 0.211. The maximum atomic E-state index is 12.2. The third-order valence-corrected chi connectivity index (χ3v) is 4.07. The van der Waals surface area contributed by atoms with E-state index in [-0.39, 0.29) is 5.91 Å². The molecule has 2 aromatic carbocycles. The van der Waals surface area contributed by atoms with Gasteiger partial charge < -0.3 is 5.32 Å². The Kier molecular flexibility index (Phi) is 5.96. The van der Waals surface area contributed by atoms with Crippen molar-refractivity contribution in [2.45, 2.75) is 26.7 Å². The van der Waals surface area contributed by atoms with Crippen molar-refractivity contribution in [2.24, 2.45) is 0 Å². The van der Waals surface area contributed by atoms with Gasteiger partial charge in [-0.2, -0.15) is 0 Å². The average molecular weight is 358 g/mol. The topological polar surface area (TPSA) is 29.1 Å². The number of amides is 1. The second-order valence-corrected chi connectivity index (χ2v) is 5.95. The molecular weight excluding hydrogens is 338 g/mol. The summed E-state index contributed by atoms with van der Waals surface area (Å²) in [6.07, 6.45) is 5.21. The lowest BCUT2D eigenvalue weighted by molar-refractivity contribution is -0.111. The fourth-order valence-electron chi connectivity index (χ4n) is 2.31. The molecule has 0 heterocycles. The predicted octanol–water partition coefficient (Wildman–Crippen LogP) is 5.23. The third kappa shape index (κ3) is 4.31. The molecule has 0 bridgehead atoms. The summed E-state index contributed by atoms with van der Waals surface area (Å²) in [5, 5.41) is 3.03. The van der Waals surface area contributed by atoms with E-state index in [1.54, 1.807) is 6.08 Å². The van der Waals surface area contributed by atoms with Gasteiger partial charge in [-0.25, -0.2) is 0 Å². The molecule has 0 aliphatic rings. The molecule has 2 nitrogen and oxygen atoms in total. The Morgan fingerprint density at radius 2 is 1.64 bits per heavy atom. The van der Waals surface area contributed by atoms with Crippen LogP contribution >= 0.6 is 15.9 Å². The molecule has 22 heavy (non-hydrogen) atoms. The molecule has 0 saturated carbocycles. The van der Waals surface area contributed by atoms with Crippen LogP contribution in [0.4, 0.5) is 5.69 Å². The van der Waals surface area contributed by atoms with Crippen molar-refractivity contribution in [3.05, 3.63) is 69.7 Å². The molecule has 0 fully saturated rings. The van der Waals surface area contributed by atoms with Gasteiger partial charge in [-0.3, -0.25) is 4.79 Å². The monoisotopic (exact) mass is 357 g/mol. The Labute approximate surface area is 140 Å². The number of para-hydroxylation sites is 1. The maximum Gasteiger partial charge on any atom is 0.248 e. The average Bonchev–Trinajstić information content (AvgIpc) is 2.54. The number of rotatable bonds is 5. The van der Waals surface area contributed by atoms with Crippen LogP contribution in [0.2, 0.25) is 0 Å². The molecule has 0 aliphatic heterocycles. The summed E-state index contributed by atoms with van der Waals surface area (Å²) in [6, 6.07) is 14.0. The van der Waals surface area contributed by atoms with E-state index >= 15 is 0 Å². The maximum absolute atomic E-state index is 12.2. The molecule has 2 rings (SSSR count). The van der Waals surface area contributed by atoms with Gasteiger partial charge in [0.05, 0.1) is 0 Å². The number of aryl methyl sites for hydroxylation is 2. The molecule has 114 valence electrons. The molecule has 2 aromatic rings. The van der Waals surface area contributed by atoms with E-state index < -0.39 is 0 Å². The van der Waals surface area contributed by atoms with E-state index in [1.165, 1.54) is 11.1 Å². The summed E-state index contributed by atoms with van der Waals surface area (Å²) in [7, 11) is 0. The van der Waals surface area contributed by atoms with Crippen LogP contribution in [-0.4, -0.2) is 5.91 Å². The van der Waals surface area contributed by atoms with Crippen molar-refractivity contribution in [3.63, 3.8) is 0 Å². The molecule has 0 unspecified atom stereocenters. The first-order valence-electron chi connectivity index (χ1n) is 7.49. The minimum Gasteiger partial charge on any atom is -0.322 e. The van der Waals surface area contributed by atoms with Crippen LogP contribution in [-0.2, 0) is 17.6 Å². The van der Waals surface area contributed by atoms with Crippen molar-refractivity contribution >= 4 is 33.6 Å². The number of carbonyl (C=O) groups is 1. The smallest absolute Gasteiger partial charge is 0.248 e. The van der Waals surface area contributed by atoms with Crippen molar-refractivity contribution in [2.75, 3.05) is 5.32 Å². The molecule has 1 N–H and O–H groups in total. The lowest BCUT2D eigenvalue weighted by Gasteiger charge is -2.13. The Morgan fingerprint density at radius 1 is 1.05 bits per heavy atom. The van der Waals surface area contributed by atoms with E-state index in [2.05, 4.69) is 47.2 Å². The van der Waals surface area contributed by atoms with Gasteiger partial charge in [0.2, 0.25) is 5.91 Å². The number of hydrogen-bond donors (Lipinski definition) is 1. The number of carbonyl (C=O) groups excluding carboxylic acids is 1. The molecular formula is C19H20BrNO. The Morgan fingerprint density at radius 3 is 2.18 bits per heavy atom. The van der Waals surface area contributed by atoms with Crippen LogP contribution in [0.3, 0.4) is 0 Å². The van der Waals surface area contributed by atoms with Gasteiger partial charge in [0.1, 0.15) is 0 Å². The molecule has 0 saturated heterocycles. The summed E-state index contributed by atoms with van der Waals surface area (Å²) in [5.41, 5.74) is 4.30. The largest absolute Gasteiger partial charge is 0.322 e. The van der Waals surface area contributed by atoms with Gasteiger partial charge in [-0.05, 0) is 47.7 Å². The fourth-order valence-corrected chi connectivity index (χ4v) is 2.58. The highest BCUT2D eigenvalue weighted by Gasteiger charge is 2.08. The summed E-state index contributed by atoms with van der Waals surface area (Å²) in [6.45, 7) is 4.20. The number of benzene rings is 2. The minimum atomic E-state index is -0.0986. The second-order valence-electron chi connectivity index (χ2n) is 5.03. The van der Waals surface area contributed by atoms with E-state index in [1.807, 2.05) is 36.4 Å². The van der Waals surface area contributed by atoms with Gasteiger partial charge in [0.25, 0.3) is 0 Å². The summed E-state index contributed by atoms with van der Waals surface area (Å²) in [4.78, 5) is 12.2. The first kappa shape index (κ1) is 16.5. The van der Waals surface area contributed by atoms with Gasteiger partial charge in [0.15, 0.2) is 0 Å². The molecule has 0 spiro atoms. The standard InChI is InChI=1S/C19H20BrNO/c1-3-15-6-5-7-16(4-2)19(15)21-18(22)13-10-14-8-11-17(20)12-9-14/h5-13H,3-4H2,1-2H3,(H,21,22). The molecule has 1 amide bonds. The predicted molar refractivity (Wildman–Crippen MR) is 97.0 cm³/mol. The minimum absolute atomic E-state index is 0.0986. The Bertz CT molecular complexity index is 652. The van der Waals surface area contributed by atoms with Crippen molar-refractivity contribution < 1.29 is 4.79 Å². The molecule has 0 aliphatic carbocycles. The van der Waals surface area contributed by atoms with Crippen LogP contribution in [0.5, 0.6) is 0 Å². The summed E-state index contributed by atoms with van der Waals surface area (Å²) in [5.74, 6) is -0.0986. The van der Waals surface area contributed by atoms with Gasteiger partial charge in [-0.1, -0.05) is 60.1 Å². The van der Waals surface area contributed by atoms with Crippen molar-refractivity contribution in [3.8, 4) is 0 Å². The highest BCUT2D eigenvalue weighted by Crippen LogP contribution is 2.22. The first-order valence-corrected chi connectivity index (χ1v) is 8.28. The van der Waals surface area contributed by atoms with E-state index in [9.17, 15) is 4.79 Å². The number of anilines is 1. The molecule has 0 aromatic heterocycles. The summed E-state index contributed by atoms with van der Waals surface area (Å²) < 4.78 is 1.03. The second kappa shape index (κ2) is 7.95. The van der Waals surface area contributed by atoms with Crippen LogP contribution in [0.25, 0.3) is 6.08 Å². The van der Waals surface area contributed by atoms with Gasteiger partial charge >= 0.3 is 0 Å². The SMILES string of the molecule is CCc1cccc(CC)c1NC(=O)C=Cc1ccc(Br)cc1. The lowest BCUT2D eigenvalue weighted by Crippen LogP contribution is -2.11. The molecule has 3 heteroatoms. The lowest BCUT2D eigenvalue weighted by atomic mass is 10.0. The van der Waals surface area contributed by atoms with E-state index in [0.717, 1.165) is 28.6 Å². The molecule has 0 atom stereocenters. The van der Waals surface area contributed by atoms with Crippen molar-refractivity contribution in [1.29, 1.82) is 0 Å². The highest BCUT2D eigenvalue weighted by atomic mass is 79.9. The summed E-state index contributed by atoms with van der Waals surface area (Å²) >= 11 is 3.40. The Balaban J connectivity index is 2.13. The number of hydrogen-bond acceptors (Lipinski definition) is 1. The van der Waals surface area contributed by atoms with Crippen molar-refractivity contribution in [1.82, 2.24) is 0 Å². The quantitative estimate of drug-likeness (QED) is 0.729. The van der Waals surface area contributed by atoms with E-state index in [0.29, 0.717) is 0 Å². The normalized spacial score (nSPS) is 10.9. The first-order chi connectivity index (χ1) is 10.6. The van der Waals surface area contributed by atoms with Crippen LogP contribution in [0, 0.1) is 0 Å².